The number of carboxylic acids is 1. The Bertz CT molecular complexity index is 125. The Hall–Kier alpha value is -0.350. The maximum atomic E-state index is 10.0. The number of hydrogen-bond acceptors (Lipinski definition) is 2. The first kappa shape index (κ1) is 12.3. The summed E-state index contributed by atoms with van der Waals surface area (Å²) in [7, 11) is 0. The summed E-state index contributed by atoms with van der Waals surface area (Å²) in [5, 5.41) is 8.23. The van der Waals surface area contributed by atoms with E-state index in [1.807, 2.05) is 6.92 Å². The monoisotopic (exact) mass is 209 g/mol. The van der Waals surface area contributed by atoms with Gasteiger partial charge in [-0.1, -0.05) is 19.1 Å². The highest BCUT2D eigenvalue weighted by molar-refractivity contribution is 8.93. The molecule has 0 aromatic carbocycles. The number of nitrogens with two attached hydrogens (primary N) is 1. The Labute approximate surface area is 70.7 Å². The van der Waals surface area contributed by atoms with Gasteiger partial charge in [-0.05, 0) is 6.42 Å². The molecule has 0 spiro atoms. The van der Waals surface area contributed by atoms with Crippen molar-refractivity contribution in [1.29, 1.82) is 0 Å². The standard InChI is InChI=1S/C6H11NO2.BrH/c1-2-3-4-5(7)6(8)9;/h3-5H,2,7H2,1H3,(H,8,9);1H/b4-3-;/t5-;/m0./s1. The molecule has 3 nitrogen and oxygen atoms in total. The Morgan fingerprint density at radius 2 is 2.30 bits per heavy atom. The molecule has 1 atom stereocenters. The van der Waals surface area contributed by atoms with E-state index in [-0.39, 0.29) is 17.0 Å². The van der Waals surface area contributed by atoms with Crippen LogP contribution in [0.25, 0.3) is 0 Å². The fraction of sp³-hybridized carbons (Fsp3) is 0.500. The van der Waals surface area contributed by atoms with E-state index in [4.69, 9.17) is 10.8 Å². The van der Waals surface area contributed by atoms with Crippen molar-refractivity contribution in [2.75, 3.05) is 0 Å². The van der Waals surface area contributed by atoms with Crippen molar-refractivity contribution >= 4 is 23.0 Å². The first-order chi connectivity index (χ1) is 4.18. The van der Waals surface area contributed by atoms with Crippen LogP contribution in [0.3, 0.4) is 0 Å². The van der Waals surface area contributed by atoms with Gasteiger partial charge in [-0.15, -0.1) is 17.0 Å². The summed E-state index contributed by atoms with van der Waals surface area (Å²) < 4.78 is 0. The minimum absolute atomic E-state index is 0. The van der Waals surface area contributed by atoms with Gasteiger partial charge in [-0.3, -0.25) is 4.79 Å². The van der Waals surface area contributed by atoms with Gasteiger partial charge >= 0.3 is 5.97 Å². The van der Waals surface area contributed by atoms with Crippen LogP contribution in [0.15, 0.2) is 12.2 Å². The number of rotatable bonds is 3. The summed E-state index contributed by atoms with van der Waals surface area (Å²) >= 11 is 0. The number of hydrogen-bond donors (Lipinski definition) is 2. The molecule has 0 aliphatic heterocycles. The summed E-state index contributed by atoms with van der Waals surface area (Å²) in [6.07, 6.45) is 4.03. The third-order valence-corrected chi connectivity index (χ3v) is 0.864. The van der Waals surface area contributed by atoms with Gasteiger partial charge in [0.1, 0.15) is 6.04 Å². The lowest BCUT2D eigenvalue weighted by atomic mass is 10.3. The molecule has 0 fully saturated rings. The van der Waals surface area contributed by atoms with Gasteiger partial charge in [0, 0.05) is 0 Å². The van der Waals surface area contributed by atoms with Crippen molar-refractivity contribution in [3.63, 3.8) is 0 Å². The van der Waals surface area contributed by atoms with E-state index >= 15 is 0 Å². The Morgan fingerprint density at radius 1 is 1.80 bits per heavy atom. The zero-order valence-electron chi connectivity index (χ0n) is 5.78. The second-order valence-electron chi connectivity index (χ2n) is 1.70. The fourth-order valence-electron chi connectivity index (χ4n) is 0.365. The molecule has 0 rings (SSSR count). The molecule has 3 N–H and O–H groups in total. The van der Waals surface area contributed by atoms with Crippen molar-refractivity contribution in [2.45, 2.75) is 19.4 Å². The molecule has 0 aromatic heterocycles. The van der Waals surface area contributed by atoms with Gasteiger partial charge in [0.2, 0.25) is 0 Å². The van der Waals surface area contributed by atoms with Crippen LogP contribution in [-0.2, 0) is 4.79 Å². The maximum Gasteiger partial charge on any atom is 0.324 e. The fourth-order valence-corrected chi connectivity index (χ4v) is 0.365. The zero-order valence-corrected chi connectivity index (χ0v) is 7.49. The van der Waals surface area contributed by atoms with E-state index in [1.165, 1.54) is 6.08 Å². The van der Waals surface area contributed by atoms with Crippen LogP contribution in [-0.4, -0.2) is 17.1 Å². The molecule has 0 amide bonds. The van der Waals surface area contributed by atoms with Gasteiger partial charge in [0.25, 0.3) is 0 Å². The van der Waals surface area contributed by atoms with Gasteiger partial charge < -0.3 is 10.8 Å². The lowest BCUT2D eigenvalue weighted by Gasteiger charge is -1.95. The molecule has 60 valence electrons. The molecule has 0 radical (unpaired) electrons. The Balaban J connectivity index is 0. The molecule has 0 saturated carbocycles. The quantitative estimate of drug-likeness (QED) is 0.681. The number of carbonyl (C=O) groups is 1. The Kier molecular flexibility index (Phi) is 8.35. The van der Waals surface area contributed by atoms with Crippen LogP contribution in [0.2, 0.25) is 0 Å². The van der Waals surface area contributed by atoms with E-state index in [0.717, 1.165) is 6.42 Å². The summed E-state index contributed by atoms with van der Waals surface area (Å²) in [5.74, 6) is -0.986. The van der Waals surface area contributed by atoms with E-state index in [0.29, 0.717) is 0 Å². The van der Waals surface area contributed by atoms with Crippen molar-refractivity contribution in [3.8, 4) is 0 Å². The van der Waals surface area contributed by atoms with Crippen LogP contribution in [0.1, 0.15) is 13.3 Å². The second-order valence-corrected chi connectivity index (χ2v) is 1.70. The molecule has 0 aliphatic carbocycles. The summed E-state index contributed by atoms with van der Waals surface area (Å²) in [5.41, 5.74) is 5.12. The lowest BCUT2D eigenvalue weighted by molar-refractivity contribution is -0.137. The van der Waals surface area contributed by atoms with Gasteiger partial charge in [0.15, 0.2) is 0 Å². The van der Waals surface area contributed by atoms with Gasteiger partial charge in [-0.25, -0.2) is 0 Å². The normalized spacial score (nSPS) is 12.6. The molecular weight excluding hydrogens is 198 g/mol. The van der Waals surface area contributed by atoms with Crippen LogP contribution < -0.4 is 5.73 Å². The highest BCUT2D eigenvalue weighted by Crippen LogP contribution is 1.84. The van der Waals surface area contributed by atoms with Crippen molar-refractivity contribution < 1.29 is 9.90 Å². The van der Waals surface area contributed by atoms with Crippen LogP contribution in [0.5, 0.6) is 0 Å². The van der Waals surface area contributed by atoms with E-state index in [2.05, 4.69) is 0 Å². The number of aliphatic carboxylic acids is 1. The number of allylic oxidation sites excluding steroid dienone is 1. The predicted molar refractivity (Wildman–Crippen MR) is 45.4 cm³/mol. The van der Waals surface area contributed by atoms with Crippen molar-refractivity contribution in [2.24, 2.45) is 5.73 Å². The maximum absolute atomic E-state index is 10.0. The minimum atomic E-state index is -0.986. The van der Waals surface area contributed by atoms with E-state index < -0.39 is 12.0 Å². The smallest absolute Gasteiger partial charge is 0.324 e. The van der Waals surface area contributed by atoms with Crippen LogP contribution in [0.4, 0.5) is 0 Å². The molecule has 4 heteroatoms. The summed E-state index contributed by atoms with van der Waals surface area (Å²) in [4.78, 5) is 10.0. The molecule has 0 aromatic rings. The third-order valence-electron chi connectivity index (χ3n) is 0.864. The molecule has 10 heavy (non-hydrogen) atoms. The van der Waals surface area contributed by atoms with E-state index in [9.17, 15) is 4.79 Å². The lowest BCUT2D eigenvalue weighted by Crippen LogP contribution is -2.27. The average molecular weight is 210 g/mol. The van der Waals surface area contributed by atoms with Crippen LogP contribution in [0, 0.1) is 0 Å². The highest BCUT2D eigenvalue weighted by Gasteiger charge is 2.04. The summed E-state index contributed by atoms with van der Waals surface area (Å²) in [6.45, 7) is 1.92. The predicted octanol–water partition coefficient (Wildman–Crippen LogP) is 0.942. The SMILES string of the molecule is Br.CC/C=C\[C@H](N)C(=O)O. The molecule has 0 saturated heterocycles. The first-order valence-electron chi connectivity index (χ1n) is 2.83. The van der Waals surface area contributed by atoms with Gasteiger partial charge in [-0.2, -0.15) is 0 Å². The second kappa shape index (κ2) is 6.77. The zero-order chi connectivity index (χ0) is 7.28. The largest absolute Gasteiger partial charge is 0.480 e. The molecule has 0 unspecified atom stereocenters. The highest BCUT2D eigenvalue weighted by atomic mass is 79.9. The van der Waals surface area contributed by atoms with Crippen molar-refractivity contribution in [3.05, 3.63) is 12.2 Å². The first-order valence-corrected chi connectivity index (χ1v) is 2.83. The number of carboxylic acid groups (broad SMARTS) is 1. The van der Waals surface area contributed by atoms with Crippen molar-refractivity contribution in [1.82, 2.24) is 0 Å². The average Bonchev–Trinajstić information content (AvgIpc) is 1.82. The topological polar surface area (TPSA) is 63.3 Å². The Morgan fingerprint density at radius 3 is 2.60 bits per heavy atom. The number of halogens is 1. The molecule has 0 bridgehead atoms. The molecule has 0 aliphatic rings. The van der Waals surface area contributed by atoms with Gasteiger partial charge in [0.05, 0.1) is 0 Å². The van der Waals surface area contributed by atoms with Crippen LogP contribution >= 0.6 is 17.0 Å². The minimum Gasteiger partial charge on any atom is -0.480 e. The third kappa shape index (κ3) is 5.78. The molecular formula is C6H12BrNO2. The summed E-state index contributed by atoms with van der Waals surface area (Å²) in [6, 6.07) is -0.843. The molecule has 0 heterocycles. The van der Waals surface area contributed by atoms with E-state index in [1.54, 1.807) is 6.08 Å².